The smallest absolute Gasteiger partial charge is 0.209 e. The van der Waals surface area contributed by atoms with Gasteiger partial charge in [0.15, 0.2) is 3.95 Å². The van der Waals surface area contributed by atoms with E-state index in [9.17, 15) is 0 Å². The van der Waals surface area contributed by atoms with Gasteiger partial charge in [-0.3, -0.25) is 4.90 Å². The summed E-state index contributed by atoms with van der Waals surface area (Å²) in [6, 6.07) is 12.5. The second-order valence-corrected chi connectivity index (χ2v) is 9.70. The highest BCUT2D eigenvalue weighted by Crippen LogP contribution is 2.24. The normalized spacial score (nSPS) is 11.2. The van der Waals surface area contributed by atoms with Crippen molar-refractivity contribution in [1.29, 1.82) is 0 Å². The van der Waals surface area contributed by atoms with Crippen LogP contribution in [0.4, 0.5) is 10.8 Å². The molecule has 0 bridgehead atoms. The van der Waals surface area contributed by atoms with Gasteiger partial charge in [0.05, 0.1) is 10.5 Å². The van der Waals surface area contributed by atoms with Crippen LogP contribution in [0.5, 0.6) is 0 Å². The number of hydrogen-bond donors (Lipinski definition) is 1. The SMILES string of the molecule is Cc1ccc(Nc2nn(CN(C)Cc3ccc(Br)s3)c(=S)s2)cc1. The minimum absolute atomic E-state index is 0.667. The van der Waals surface area contributed by atoms with Crippen LogP contribution in [0, 0.1) is 10.9 Å². The second kappa shape index (κ2) is 7.88. The lowest BCUT2D eigenvalue weighted by Gasteiger charge is -2.15. The molecule has 0 atom stereocenters. The van der Waals surface area contributed by atoms with Crippen molar-refractivity contribution >= 4 is 61.6 Å². The zero-order chi connectivity index (χ0) is 17.1. The zero-order valence-electron chi connectivity index (χ0n) is 13.3. The second-order valence-electron chi connectivity index (χ2n) is 5.53. The molecule has 3 rings (SSSR count). The van der Waals surface area contributed by atoms with Gasteiger partial charge >= 0.3 is 0 Å². The predicted octanol–water partition coefficient (Wildman–Crippen LogP) is 5.64. The van der Waals surface area contributed by atoms with E-state index in [2.05, 4.69) is 69.5 Å². The number of nitrogens with one attached hydrogen (secondary N) is 1. The summed E-state index contributed by atoms with van der Waals surface area (Å²) in [6.45, 7) is 3.61. The van der Waals surface area contributed by atoms with Gasteiger partial charge in [0.25, 0.3) is 0 Å². The maximum Gasteiger partial charge on any atom is 0.209 e. The quantitative estimate of drug-likeness (QED) is 0.502. The van der Waals surface area contributed by atoms with Gasteiger partial charge in [-0.2, -0.15) is 0 Å². The molecule has 0 aliphatic heterocycles. The maximum absolute atomic E-state index is 5.44. The number of hydrogen-bond acceptors (Lipinski definition) is 6. The molecule has 4 nitrogen and oxygen atoms in total. The Morgan fingerprint density at radius 3 is 2.62 bits per heavy atom. The first-order chi connectivity index (χ1) is 11.5. The first-order valence-electron chi connectivity index (χ1n) is 7.34. The number of thiophene rings is 1. The van der Waals surface area contributed by atoms with E-state index in [0.717, 1.165) is 25.1 Å². The van der Waals surface area contributed by atoms with Crippen LogP contribution in [0.15, 0.2) is 40.2 Å². The minimum Gasteiger partial charge on any atom is -0.330 e. The Labute approximate surface area is 162 Å². The van der Waals surface area contributed by atoms with Crippen LogP contribution in [-0.4, -0.2) is 21.7 Å². The number of aromatic nitrogens is 2. The Morgan fingerprint density at radius 1 is 1.21 bits per heavy atom. The van der Waals surface area contributed by atoms with E-state index in [1.165, 1.54) is 21.8 Å². The fraction of sp³-hybridized carbons (Fsp3) is 0.250. The summed E-state index contributed by atoms with van der Waals surface area (Å²) < 4.78 is 3.78. The average Bonchev–Trinajstić information content (AvgIpc) is 3.08. The van der Waals surface area contributed by atoms with Crippen LogP contribution >= 0.6 is 50.8 Å². The summed E-state index contributed by atoms with van der Waals surface area (Å²) in [5, 5.41) is 8.72. The highest BCUT2D eigenvalue weighted by Gasteiger charge is 2.08. The Bertz CT molecular complexity index is 866. The summed E-state index contributed by atoms with van der Waals surface area (Å²) in [4.78, 5) is 3.51. The zero-order valence-corrected chi connectivity index (χ0v) is 17.4. The van der Waals surface area contributed by atoms with E-state index in [-0.39, 0.29) is 0 Å². The van der Waals surface area contributed by atoms with Crippen molar-refractivity contribution in [3.8, 4) is 0 Å². The summed E-state index contributed by atoms with van der Waals surface area (Å²) in [7, 11) is 2.07. The first kappa shape index (κ1) is 17.8. The van der Waals surface area contributed by atoms with Gasteiger partial charge in [0.1, 0.15) is 0 Å². The van der Waals surface area contributed by atoms with Crippen molar-refractivity contribution in [2.45, 2.75) is 20.1 Å². The number of rotatable bonds is 6. The van der Waals surface area contributed by atoms with Gasteiger partial charge in [-0.25, -0.2) is 4.68 Å². The summed E-state index contributed by atoms with van der Waals surface area (Å²) >= 11 is 12.2. The van der Waals surface area contributed by atoms with Crippen LogP contribution in [-0.2, 0) is 13.2 Å². The number of aryl methyl sites for hydroxylation is 1. The molecule has 0 amide bonds. The number of benzene rings is 1. The van der Waals surface area contributed by atoms with Crippen LogP contribution in [0.3, 0.4) is 0 Å². The van der Waals surface area contributed by atoms with Gasteiger partial charge < -0.3 is 5.32 Å². The van der Waals surface area contributed by atoms with Gasteiger partial charge in [-0.1, -0.05) is 29.0 Å². The molecule has 126 valence electrons. The summed E-state index contributed by atoms with van der Waals surface area (Å²) in [6.07, 6.45) is 0. The van der Waals surface area contributed by atoms with E-state index in [0.29, 0.717) is 6.67 Å². The summed E-state index contributed by atoms with van der Waals surface area (Å²) in [5.41, 5.74) is 2.26. The molecule has 0 fully saturated rings. The molecule has 1 N–H and O–H groups in total. The lowest BCUT2D eigenvalue weighted by Crippen LogP contribution is -2.22. The van der Waals surface area contributed by atoms with Crippen LogP contribution < -0.4 is 5.32 Å². The molecule has 0 saturated carbocycles. The van der Waals surface area contributed by atoms with Crippen molar-refractivity contribution < 1.29 is 0 Å². The van der Waals surface area contributed by atoms with E-state index in [1.54, 1.807) is 11.3 Å². The van der Waals surface area contributed by atoms with Gasteiger partial charge in [-0.15, -0.1) is 16.4 Å². The molecule has 0 saturated heterocycles. The molecule has 0 spiro atoms. The van der Waals surface area contributed by atoms with E-state index in [4.69, 9.17) is 12.2 Å². The third-order valence-electron chi connectivity index (χ3n) is 3.34. The van der Waals surface area contributed by atoms with Crippen LogP contribution in [0.2, 0.25) is 0 Å². The molecule has 24 heavy (non-hydrogen) atoms. The van der Waals surface area contributed by atoms with Crippen LogP contribution in [0.25, 0.3) is 0 Å². The fourth-order valence-corrected chi connectivity index (χ4v) is 4.76. The van der Waals surface area contributed by atoms with Gasteiger partial charge in [0, 0.05) is 17.1 Å². The molecule has 0 radical (unpaired) electrons. The number of nitrogens with zero attached hydrogens (tertiary/aromatic N) is 3. The first-order valence-corrected chi connectivity index (χ1v) is 10.2. The molecule has 0 aliphatic rings. The van der Waals surface area contributed by atoms with Crippen molar-refractivity contribution in [2.75, 3.05) is 12.4 Å². The fourth-order valence-electron chi connectivity index (χ4n) is 2.19. The summed E-state index contributed by atoms with van der Waals surface area (Å²) in [5.74, 6) is 0. The third-order valence-corrected chi connectivity index (χ3v) is 6.17. The largest absolute Gasteiger partial charge is 0.330 e. The molecule has 0 unspecified atom stereocenters. The molecule has 0 aliphatic carbocycles. The van der Waals surface area contributed by atoms with Crippen molar-refractivity contribution in [1.82, 2.24) is 14.7 Å². The Morgan fingerprint density at radius 2 is 1.96 bits per heavy atom. The minimum atomic E-state index is 0.667. The molecule has 3 aromatic rings. The maximum atomic E-state index is 5.44. The number of halogens is 1. The average molecular weight is 441 g/mol. The highest BCUT2D eigenvalue weighted by atomic mass is 79.9. The third kappa shape index (κ3) is 4.73. The van der Waals surface area contributed by atoms with Crippen LogP contribution in [0.1, 0.15) is 10.4 Å². The van der Waals surface area contributed by atoms with E-state index in [1.807, 2.05) is 16.8 Å². The molecule has 2 aromatic heterocycles. The van der Waals surface area contributed by atoms with Gasteiger partial charge in [-0.05, 0) is 66.4 Å². The molecular weight excluding hydrogens is 424 g/mol. The standard InChI is InChI=1S/C16H17BrN4S3/c1-11-3-5-12(6-4-11)18-15-19-21(16(22)24-15)10-20(2)9-13-7-8-14(17)23-13/h3-8H,9-10H2,1-2H3,(H,18,19). The lowest BCUT2D eigenvalue weighted by molar-refractivity contribution is 0.247. The van der Waals surface area contributed by atoms with E-state index >= 15 is 0 Å². The molecular formula is C16H17BrN4S3. The van der Waals surface area contributed by atoms with E-state index < -0.39 is 0 Å². The number of anilines is 2. The Kier molecular flexibility index (Phi) is 5.83. The topological polar surface area (TPSA) is 33.1 Å². The van der Waals surface area contributed by atoms with Crippen molar-refractivity contribution in [2.24, 2.45) is 0 Å². The highest BCUT2D eigenvalue weighted by molar-refractivity contribution is 9.11. The Hall–Kier alpha value is -1.06. The molecule has 8 heteroatoms. The predicted molar refractivity (Wildman–Crippen MR) is 109 cm³/mol. The molecule has 1 aromatic carbocycles. The lowest BCUT2D eigenvalue weighted by atomic mass is 10.2. The van der Waals surface area contributed by atoms with Gasteiger partial charge in [0.2, 0.25) is 5.13 Å². The monoisotopic (exact) mass is 440 g/mol. The van der Waals surface area contributed by atoms with Crippen molar-refractivity contribution in [3.05, 3.63) is 54.6 Å². The molecule has 2 heterocycles. The Balaban J connectivity index is 1.65. The van der Waals surface area contributed by atoms with Crippen molar-refractivity contribution in [3.63, 3.8) is 0 Å².